The Morgan fingerprint density at radius 1 is 1.03 bits per heavy atom. The van der Waals surface area contributed by atoms with E-state index < -0.39 is 5.91 Å². The van der Waals surface area contributed by atoms with E-state index in [4.69, 9.17) is 21.6 Å². The van der Waals surface area contributed by atoms with E-state index in [1.54, 1.807) is 24.3 Å². The van der Waals surface area contributed by atoms with E-state index >= 15 is 0 Å². The summed E-state index contributed by atoms with van der Waals surface area (Å²) in [5, 5.41) is 13.3. The Morgan fingerprint density at radius 3 is 2.50 bits per heavy atom. The minimum absolute atomic E-state index is 0.276. The van der Waals surface area contributed by atoms with E-state index in [0.717, 1.165) is 11.1 Å². The lowest BCUT2D eigenvalue weighted by molar-refractivity contribution is 0.102. The lowest BCUT2D eigenvalue weighted by Crippen LogP contribution is -2.17. The highest BCUT2D eigenvalue weighted by molar-refractivity contribution is 6.34. The molecule has 0 atom stereocenters. The van der Waals surface area contributed by atoms with Crippen molar-refractivity contribution in [3.63, 3.8) is 0 Å². The molecule has 0 radical (unpaired) electrons. The minimum Gasteiger partial charge on any atom is -0.309 e. The molecule has 0 aliphatic heterocycles. The summed E-state index contributed by atoms with van der Waals surface area (Å²) in [6.07, 6.45) is 0.694. The molecule has 34 heavy (non-hydrogen) atoms. The van der Waals surface area contributed by atoms with Crippen LogP contribution in [0.2, 0.25) is 5.02 Å². The van der Waals surface area contributed by atoms with Crippen molar-refractivity contribution in [3.8, 4) is 6.07 Å². The first-order chi connectivity index (χ1) is 16.5. The molecule has 0 saturated carbocycles. The van der Waals surface area contributed by atoms with Gasteiger partial charge in [-0.2, -0.15) is 5.26 Å². The van der Waals surface area contributed by atoms with Gasteiger partial charge in [0, 0.05) is 6.54 Å². The number of halogens is 1. The number of rotatable bonds is 5. The van der Waals surface area contributed by atoms with E-state index in [1.165, 1.54) is 5.56 Å². The molecule has 5 rings (SSSR count). The molecule has 1 amide bonds. The second-order valence-corrected chi connectivity index (χ2v) is 8.45. The van der Waals surface area contributed by atoms with Crippen molar-refractivity contribution in [1.82, 2.24) is 14.5 Å². The van der Waals surface area contributed by atoms with E-state index in [1.807, 2.05) is 34.9 Å². The molecule has 0 aliphatic rings. The molecule has 1 N–H and O–H groups in total. The number of nitriles is 1. The van der Waals surface area contributed by atoms with Crippen LogP contribution in [0.25, 0.3) is 22.2 Å². The summed E-state index contributed by atoms with van der Waals surface area (Å²) in [5.74, 6) is -0.0309. The van der Waals surface area contributed by atoms with Gasteiger partial charge in [-0.25, -0.2) is 9.97 Å². The third kappa shape index (κ3) is 3.98. The largest absolute Gasteiger partial charge is 0.309 e. The summed E-state index contributed by atoms with van der Waals surface area (Å²) >= 11 is 6.25. The maximum atomic E-state index is 13.1. The summed E-state index contributed by atoms with van der Waals surface area (Å²) in [6.45, 7) is 2.56. The van der Waals surface area contributed by atoms with Crippen molar-refractivity contribution in [2.45, 2.75) is 19.9 Å². The molecule has 3 aromatic carbocycles. The van der Waals surface area contributed by atoms with Gasteiger partial charge in [-0.1, -0.05) is 65.7 Å². The van der Waals surface area contributed by atoms with E-state index in [9.17, 15) is 10.1 Å². The number of carbonyl (C=O) groups excluding carboxylic acids is 1. The molecule has 0 fully saturated rings. The van der Waals surface area contributed by atoms with Crippen LogP contribution < -0.4 is 5.32 Å². The Morgan fingerprint density at radius 2 is 1.76 bits per heavy atom. The monoisotopic (exact) mass is 465 g/mol. The number of para-hydroxylation sites is 2. The second-order valence-electron chi connectivity index (χ2n) is 8.04. The molecular formula is C27H20ClN5O. The average molecular weight is 466 g/mol. The molecule has 0 saturated heterocycles. The van der Waals surface area contributed by atoms with Crippen LogP contribution in [0.5, 0.6) is 0 Å². The van der Waals surface area contributed by atoms with Gasteiger partial charge in [0.05, 0.1) is 21.6 Å². The predicted molar refractivity (Wildman–Crippen MR) is 134 cm³/mol. The highest BCUT2D eigenvalue weighted by Gasteiger charge is 2.23. The van der Waals surface area contributed by atoms with E-state index in [-0.39, 0.29) is 5.56 Å². The van der Waals surface area contributed by atoms with Gasteiger partial charge in [-0.05, 0) is 43.2 Å². The number of anilines is 1. The van der Waals surface area contributed by atoms with E-state index in [0.29, 0.717) is 46.1 Å². The molecule has 166 valence electrons. The summed E-state index contributed by atoms with van der Waals surface area (Å²) in [5.41, 5.74) is 5.34. The number of benzene rings is 3. The van der Waals surface area contributed by atoms with Gasteiger partial charge < -0.3 is 9.88 Å². The molecule has 0 unspecified atom stereocenters. The standard InChI is InChI=1S/C27H20ClN5O/c1-17-7-6-8-18(15-17)13-14-33-25(32-27(34)19-9-2-3-10-21(19)28)20(16-29)24-26(33)31-23-12-5-4-11-22(23)30-24/h2-12,15H,13-14H2,1H3,(H,32,34). The zero-order valence-electron chi connectivity index (χ0n) is 18.4. The number of hydrogen-bond donors (Lipinski definition) is 1. The Balaban J connectivity index is 1.65. The number of nitrogens with one attached hydrogen (secondary N) is 1. The summed E-state index contributed by atoms with van der Waals surface area (Å²) < 4.78 is 1.87. The van der Waals surface area contributed by atoms with Crippen molar-refractivity contribution in [3.05, 3.63) is 100 Å². The van der Waals surface area contributed by atoms with Crippen LogP contribution in [0, 0.1) is 18.3 Å². The van der Waals surface area contributed by atoms with Gasteiger partial charge in [0.25, 0.3) is 5.91 Å². The highest BCUT2D eigenvalue weighted by Crippen LogP contribution is 2.30. The molecule has 0 spiro atoms. The normalized spacial score (nSPS) is 11.0. The van der Waals surface area contributed by atoms with Crippen LogP contribution in [-0.2, 0) is 13.0 Å². The quantitative estimate of drug-likeness (QED) is 0.349. The Bertz CT molecular complexity index is 1600. The van der Waals surface area contributed by atoms with Crippen molar-refractivity contribution >= 4 is 45.5 Å². The highest BCUT2D eigenvalue weighted by atomic mass is 35.5. The first-order valence-electron chi connectivity index (χ1n) is 10.9. The third-order valence-electron chi connectivity index (χ3n) is 5.72. The van der Waals surface area contributed by atoms with Crippen molar-refractivity contribution < 1.29 is 4.79 Å². The fourth-order valence-corrected chi connectivity index (χ4v) is 4.30. The fourth-order valence-electron chi connectivity index (χ4n) is 4.08. The molecule has 7 heteroatoms. The molecular weight excluding hydrogens is 446 g/mol. The van der Waals surface area contributed by atoms with Gasteiger partial charge in [-0.15, -0.1) is 0 Å². The van der Waals surface area contributed by atoms with Gasteiger partial charge in [-0.3, -0.25) is 4.79 Å². The number of carbonyl (C=O) groups is 1. The average Bonchev–Trinajstić information content (AvgIpc) is 3.12. The van der Waals surface area contributed by atoms with Crippen molar-refractivity contribution in [2.75, 3.05) is 5.32 Å². The SMILES string of the molecule is Cc1cccc(CCn2c(NC(=O)c3ccccc3Cl)c(C#N)c3nc4ccccc4nc32)c1. The molecule has 5 aromatic rings. The Hall–Kier alpha value is -4.21. The summed E-state index contributed by atoms with van der Waals surface area (Å²) in [7, 11) is 0. The summed E-state index contributed by atoms with van der Waals surface area (Å²) in [4.78, 5) is 22.6. The Kier molecular flexibility index (Phi) is 5.70. The maximum absolute atomic E-state index is 13.1. The van der Waals surface area contributed by atoms with E-state index in [2.05, 4.69) is 36.5 Å². The van der Waals surface area contributed by atoms with Crippen LogP contribution in [0.4, 0.5) is 5.82 Å². The van der Waals surface area contributed by atoms with Gasteiger partial charge in [0.15, 0.2) is 5.65 Å². The smallest absolute Gasteiger partial charge is 0.258 e. The van der Waals surface area contributed by atoms with Crippen LogP contribution >= 0.6 is 11.6 Å². The minimum atomic E-state index is -0.397. The topological polar surface area (TPSA) is 83.6 Å². The zero-order chi connectivity index (χ0) is 23.7. The number of hydrogen-bond acceptors (Lipinski definition) is 4. The maximum Gasteiger partial charge on any atom is 0.258 e. The van der Waals surface area contributed by atoms with Gasteiger partial charge in [0.2, 0.25) is 0 Å². The zero-order valence-corrected chi connectivity index (χ0v) is 19.2. The molecule has 2 aromatic heterocycles. The third-order valence-corrected chi connectivity index (χ3v) is 6.05. The predicted octanol–water partition coefficient (Wildman–Crippen LogP) is 5.91. The second kappa shape index (κ2) is 8.97. The fraction of sp³-hybridized carbons (Fsp3) is 0.111. The van der Waals surface area contributed by atoms with Crippen molar-refractivity contribution in [2.24, 2.45) is 0 Å². The number of amides is 1. The number of fused-ring (bicyclic) bond motifs is 2. The van der Waals surface area contributed by atoms with Crippen molar-refractivity contribution in [1.29, 1.82) is 5.26 Å². The molecule has 0 bridgehead atoms. The summed E-state index contributed by atoms with van der Waals surface area (Å²) in [6, 6.07) is 24.8. The molecule has 2 heterocycles. The first kappa shape index (κ1) is 21.6. The lowest BCUT2D eigenvalue weighted by Gasteiger charge is -2.13. The van der Waals surface area contributed by atoms with Crippen LogP contribution in [0.3, 0.4) is 0 Å². The number of nitrogens with zero attached hydrogens (tertiary/aromatic N) is 4. The molecule has 6 nitrogen and oxygen atoms in total. The van der Waals surface area contributed by atoms with Gasteiger partial charge >= 0.3 is 0 Å². The first-order valence-corrected chi connectivity index (χ1v) is 11.2. The van der Waals surface area contributed by atoms with Crippen LogP contribution in [0.15, 0.2) is 72.8 Å². The Labute approximate surface area is 201 Å². The van der Waals surface area contributed by atoms with Crippen LogP contribution in [-0.4, -0.2) is 20.4 Å². The molecule has 0 aliphatic carbocycles. The van der Waals surface area contributed by atoms with Gasteiger partial charge in [0.1, 0.15) is 23.0 Å². The van der Waals surface area contributed by atoms with Crippen LogP contribution in [0.1, 0.15) is 27.0 Å². The number of aromatic nitrogens is 3. The lowest BCUT2D eigenvalue weighted by atomic mass is 10.1. The number of aryl methyl sites for hydroxylation is 3.